The van der Waals surface area contributed by atoms with Crippen molar-refractivity contribution in [2.24, 2.45) is 16.7 Å². The maximum atomic E-state index is 11.7. The zero-order valence-corrected chi connectivity index (χ0v) is 23.2. The average Bonchev–Trinajstić information content (AvgIpc) is 3.29. The predicted octanol–water partition coefficient (Wildman–Crippen LogP) is 1.69. The summed E-state index contributed by atoms with van der Waals surface area (Å²) in [6, 6.07) is 0. The SMILES string of the molecule is C[C@]12C[C@@H]3C[C@](C)(C1)C[C@@](Nc1nc(Cl)nc4c1ncn4[C@@H]1O[C@H](COC(=O)CS(=O)(=O)O)C(O)C1O)(C3)C2. The highest BCUT2D eigenvalue weighted by molar-refractivity contribution is 7.86. The van der Waals surface area contributed by atoms with Gasteiger partial charge in [0, 0.05) is 5.54 Å². The van der Waals surface area contributed by atoms with E-state index in [-0.39, 0.29) is 21.7 Å². The molecule has 0 aromatic carbocycles. The molecule has 4 saturated carbocycles. The molecule has 1 aliphatic heterocycles. The topological polar surface area (TPSA) is 186 Å². The zero-order chi connectivity index (χ0) is 28.0. The van der Waals surface area contributed by atoms with Gasteiger partial charge < -0.3 is 25.0 Å². The Balaban J connectivity index is 1.25. The van der Waals surface area contributed by atoms with Gasteiger partial charge in [-0.1, -0.05) is 13.8 Å². The number of esters is 1. The Kier molecular flexibility index (Phi) is 6.22. The number of ether oxygens (including phenoxy) is 2. The van der Waals surface area contributed by atoms with E-state index in [1.807, 2.05) is 0 Å². The van der Waals surface area contributed by atoms with Crippen molar-refractivity contribution in [3.63, 3.8) is 0 Å². The van der Waals surface area contributed by atoms with Crippen molar-refractivity contribution in [1.82, 2.24) is 19.5 Å². The van der Waals surface area contributed by atoms with Crippen LogP contribution in [-0.4, -0.2) is 84.9 Å². The maximum absolute atomic E-state index is 11.7. The third-order valence-corrected chi connectivity index (χ3v) is 9.49. The molecule has 2 aromatic rings. The molecule has 4 bridgehead atoms. The minimum atomic E-state index is -4.57. The highest BCUT2D eigenvalue weighted by Gasteiger charge is 2.60. The van der Waals surface area contributed by atoms with Crippen molar-refractivity contribution in [2.45, 2.75) is 82.5 Å². The molecule has 13 nitrogen and oxygen atoms in total. The van der Waals surface area contributed by atoms with Crippen LogP contribution in [0.3, 0.4) is 0 Å². The van der Waals surface area contributed by atoms with Crippen LogP contribution in [0.1, 0.15) is 58.6 Å². The Morgan fingerprint density at radius 3 is 2.51 bits per heavy atom. The van der Waals surface area contributed by atoms with E-state index in [1.165, 1.54) is 30.2 Å². The normalized spacial score (nSPS) is 39.4. The molecular formula is C24H32ClN5O8S. The fourth-order valence-corrected chi connectivity index (χ4v) is 9.01. The van der Waals surface area contributed by atoms with Crippen LogP contribution in [0.5, 0.6) is 0 Å². The van der Waals surface area contributed by atoms with Gasteiger partial charge in [0.05, 0.1) is 6.33 Å². The van der Waals surface area contributed by atoms with Gasteiger partial charge >= 0.3 is 5.97 Å². The summed E-state index contributed by atoms with van der Waals surface area (Å²) in [6.45, 7) is 4.22. The summed E-state index contributed by atoms with van der Waals surface area (Å²) in [5.74, 6) is -1.30. The van der Waals surface area contributed by atoms with Crippen molar-refractivity contribution < 1.29 is 37.5 Å². The molecule has 214 valence electrons. The van der Waals surface area contributed by atoms with Gasteiger partial charge in [0.15, 0.2) is 29.0 Å². The summed E-state index contributed by atoms with van der Waals surface area (Å²) in [5.41, 5.74) is 1.15. The van der Waals surface area contributed by atoms with Crippen LogP contribution in [0.2, 0.25) is 5.28 Å². The Labute approximate surface area is 230 Å². The van der Waals surface area contributed by atoms with Crippen molar-refractivity contribution >= 4 is 44.7 Å². The summed E-state index contributed by atoms with van der Waals surface area (Å²) in [4.78, 5) is 25.0. The van der Waals surface area contributed by atoms with Gasteiger partial charge in [0.25, 0.3) is 10.1 Å². The molecule has 2 aromatic heterocycles. The smallest absolute Gasteiger partial charge is 0.323 e. The number of hydrogen-bond donors (Lipinski definition) is 4. The summed E-state index contributed by atoms with van der Waals surface area (Å²) in [6.07, 6.45) is 3.01. The standard InChI is InChI=1S/C24H32ClN5O8S/c1-22-3-12-4-23(2,8-22)10-24(5-12,9-22)29-18-15-19(28-21(25)27-18)30(11-26-15)20-17(33)16(32)13(38-20)6-37-14(31)7-39(34,35)36/h11-13,16-17,20,32-33H,3-10H2,1-2H3,(H,27,28,29)(H,34,35,36)/t12-,13-,16?,17?,20-,22+,23-,24-/m1/s1. The third kappa shape index (κ3) is 4.99. The highest BCUT2D eigenvalue weighted by atomic mass is 35.5. The minimum absolute atomic E-state index is 0.0161. The largest absolute Gasteiger partial charge is 0.462 e. The lowest BCUT2D eigenvalue weighted by Crippen LogP contribution is -2.61. The quantitative estimate of drug-likeness (QED) is 0.209. The van der Waals surface area contributed by atoms with E-state index in [9.17, 15) is 23.4 Å². The number of aliphatic hydroxyl groups excluding tert-OH is 2. The van der Waals surface area contributed by atoms with Crippen LogP contribution < -0.4 is 5.32 Å². The van der Waals surface area contributed by atoms with Gasteiger partial charge in [-0.3, -0.25) is 13.9 Å². The number of nitrogens with one attached hydrogen (secondary N) is 1. The molecule has 4 aliphatic carbocycles. The molecule has 3 heterocycles. The second-order valence-corrected chi connectivity index (χ2v) is 14.4. The number of carbonyl (C=O) groups is 1. The van der Waals surface area contributed by atoms with Gasteiger partial charge in [0.1, 0.15) is 24.9 Å². The van der Waals surface area contributed by atoms with Gasteiger partial charge in [0.2, 0.25) is 5.28 Å². The van der Waals surface area contributed by atoms with E-state index in [4.69, 9.17) is 25.6 Å². The van der Waals surface area contributed by atoms with Crippen molar-refractivity contribution in [3.8, 4) is 0 Å². The molecule has 7 rings (SSSR count). The van der Waals surface area contributed by atoms with Crippen LogP contribution in [0.25, 0.3) is 11.2 Å². The minimum Gasteiger partial charge on any atom is -0.462 e. The number of aromatic nitrogens is 4. The fraction of sp³-hybridized carbons (Fsp3) is 0.750. The van der Waals surface area contributed by atoms with Crippen molar-refractivity contribution in [1.29, 1.82) is 0 Å². The van der Waals surface area contributed by atoms with Crippen LogP contribution >= 0.6 is 11.6 Å². The Hall–Kier alpha value is -2.10. The van der Waals surface area contributed by atoms with Crippen molar-refractivity contribution in [2.75, 3.05) is 17.7 Å². The van der Waals surface area contributed by atoms with Gasteiger partial charge in [-0.05, 0) is 66.9 Å². The van der Waals surface area contributed by atoms with E-state index in [0.29, 0.717) is 22.9 Å². The van der Waals surface area contributed by atoms with E-state index in [1.54, 1.807) is 0 Å². The number of rotatable bonds is 7. The van der Waals surface area contributed by atoms with Gasteiger partial charge in [-0.25, -0.2) is 4.98 Å². The van der Waals surface area contributed by atoms with Crippen LogP contribution in [0.4, 0.5) is 5.82 Å². The first-order chi connectivity index (χ1) is 18.2. The lowest BCUT2D eigenvalue weighted by atomic mass is 9.43. The third-order valence-electron chi connectivity index (χ3n) is 8.72. The van der Waals surface area contributed by atoms with E-state index in [2.05, 4.69) is 34.1 Å². The Bertz CT molecular complexity index is 1420. The monoisotopic (exact) mass is 585 g/mol. The summed E-state index contributed by atoms with van der Waals surface area (Å²) in [7, 11) is -4.57. The van der Waals surface area contributed by atoms with Crippen LogP contribution in [0, 0.1) is 16.7 Å². The second kappa shape index (κ2) is 8.95. The second-order valence-electron chi connectivity index (χ2n) is 12.7. The molecule has 39 heavy (non-hydrogen) atoms. The molecule has 2 unspecified atom stereocenters. The summed E-state index contributed by atoms with van der Waals surface area (Å²) < 4.78 is 42.5. The molecule has 0 spiro atoms. The van der Waals surface area contributed by atoms with Crippen LogP contribution in [0.15, 0.2) is 6.33 Å². The molecule has 8 atom stereocenters. The first kappa shape index (κ1) is 27.1. The number of fused-ring (bicyclic) bond motifs is 1. The number of imidazole rings is 1. The first-order valence-electron chi connectivity index (χ1n) is 13.0. The van der Waals surface area contributed by atoms with E-state index in [0.717, 1.165) is 19.3 Å². The molecule has 0 amide bonds. The maximum Gasteiger partial charge on any atom is 0.323 e. The number of carbonyl (C=O) groups excluding carboxylic acids is 1. The van der Waals surface area contributed by atoms with Gasteiger partial charge in [-0.15, -0.1) is 0 Å². The number of aliphatic hydroxyl groups is 2. The highest BCUT2D eigenvalue weighted by Crippen LogP contribution is 2.66. The Morgan fingerprint density at radius 2 is 1.87 bits per heavy atom. The average molecular weight is 586 g/mol. The molecule has 5 aliphatic rings. The fourth-order valence-electron chi connectivity index (χ4n) is 8.46. The van der Waals surface area contributed by atoms with Crippen molar-refractivity contribution in [3.05, 3.63) is 11.6 Å². The molecule has 5 fully saturated rings. The Morgan fingerprint density at radius 1 is 1.18 bits per heavy atom. The first-order valence-corrected chi connectivity index (χ1v) is 15.0. The number of halogens is 1. The van der Waals surface area contributed by atoms with Gasteiger partial charge in [-0.2, -0.15) is 18.4 Å². The molecule has 0 radical (unpaired) electrons. The molecule has 1 saturated heterocycles. The van der Waals surface area contributed by atoms with E-state index < -0.39 is 53.0 Å². The number of anilines is 1. The number of hydrogen-bond acceptors (Lipinski definition) is 11. The molecule has 4 N–H and O–H groups in total. The van der Waals surface area contributed by atoms with E-state index >= 15 is 0 Å². The molecule has 15 heteroatoms. The number of nitrogens with zero attached hydrogens (tertiary/aromatic N) is 4. The van der Waals surface area contributed by atoms with Crippen LogP contribution in [-0.2, 0) is 24.4 Å². The zero-order valence-electron chi connectivity index (χ0n) is 21.6. The lowest BCUT2D eigenvalue weighted by molar-refractivity contribution is -0.147. The summed E-state index contributed by atoms with van der Waals surface area (Å²) >= 11 is 6.35. The molecular weight excluding hydrogens is 554 g/mol. The predicted molar refractivity (Wildman–Crippen MR) is 137 cm³/mol. The summed E-state index contributed by atoms with van der Waals surface area (Å²) in [5, 5.41) is 24.9. The lowest BCUT2D eigenvalue weighted by Gasteiger charge is -2.65.